The molecule has 12 heteroatoms. The van der Waals surface area contributed by atoms with Gasteiger partial charge in [-0.25, -0.2) is 23.1 Å². The molecule has 3 heterocycles. The fraction of sp³-hybridized carbons (Fsp3) is 0.543. The van der Waals surface area contributed by atoms with Crippen molar-refractivity contribution in [2.45, 2.75) is 85.6 Å². The molecule has 1 N–H and O–H groups in total. The van der Waals surface area contributed by atoms with Crippen LogP contribution in [-0.4, -0.2) is 73.3 Å². The monoisotopic (exact) mass is 663 g/mol. The highest BCUT2D eigenvalue weighted by Gasteiger charge is 2.38. The van der Waals surface area contributed by atoms with E-state index < -0.39 is 10.0 Å². The van der Waals surface area contributed by atoms with Crippen molar-refractivity contribution in [3.63, 3.8) is 0 Å². The Kier molecular flexibility index (Phi) is 9.58. The highest BCUT2D eigenvalue weighted by atomic mass is 32.2. The lowest BCUT2D eigenvalue weighted by Gasteiger charge is -2.48. The maximum atomic E-state index is 11.7. The average Bonchev–Trinajstić information content (AvgIpc) is 3.55. The summed E-state index contributed by atoms with van der Waals surface area (Å²) >= 11 is 0. The van der Waals surface area contributed by atoms with E-state index in [2.05, 4.69) is 75.3 Å². The molecule has 1 aromatic heterocycles. The molecule has 2 aliphatic rings. The van der Waals surface area contributed by atoms with Crippen molar-refractivity contribution in [3.05, 3.63) is 59.2 Å². The van der Waals surface area contributed by atoms with Crippen LogP contribution in [0.25, 0.3) is 0 Å². The van der Waals surface area contributed by atoms with Gasteiger partial charge in [0, 0.05) is 35.6 Å². The van der Waals surface area contributed by atoms with Crippen molar-refractivity contribution in [2.24, 2.45) is 15.5 Å². The summed E-state index contributed by atoms with van der Waals surface area (Å²) in [7, 11) is -1.67. The summed E-state index contributed by atoms with van der Waals surface area (Å²) in [6.45, 7) is 18.9. The molecule has 47 heavy (non-hydrogen) atoms. The first-order valence-electron chi connectivity index (χ1n) is 16.3. The third-order valence-electron chi connectivity index (χ3n) is 8.83. The third-order valence-corrected chi connectivity index (χ3v) is 9.52. The molecule has 0 aliphatic carbocycles. The molecule has 2 atom stereocenters. The lowest BCUT2D eigenvalue weighted by atomic mass is 9.79. The lowest BCUT2D eigenvalue weighted by Crippen LogP contribution is -2.49. The Morgan fingerprint density at radius 2 is 1.83 bits per heavy atom. The maximum absolute atomic E-state index is 11.7. The molecule has 2 unspecified atom stereocenters. The first-order valence-corrected chi connectivity index (χ1v) is 18.2. The fourth-order valence-corrected chi connectivity index (χ4v) is 6.89. The zero-order valence-corrected chi connectivity index (χ0v) is 30.2. The predicted octanol–water partition coefficient (Wildman–Crippen LogP) is 6.19. The van der Waals surface area contributed by atoms with Crippen molar-refractivity contribution in [1.82, 2.24) is 19.6 Å². The SMILES string of the molecule is COc1ccc(OCCCN2c3cc(C)c(/N=C4/C(C(C)(C)C)=Nn5nc(C(C)CNS(C)(=O)=O)nc54)cc3C(C)CC2(C)C)cc1. The first kappa shape index (κ1) is 34.6. The van der Waals surface area contributed by atoms with Gasteiger partial charge >= 0.3 is 0 Å². The van der Waals surface area contributed by atoms with Crippen LogP contribution in [0.5, 0.6) is 11.5 Å². The van der Waals surface area contributed by atoms with Crippen LogP contribution in [0, 0.1) is 12.3 Å². The molecule has 254 valence electrons. The second-order valence-corrected chi connectivity index (χ2v) is 16.3. The maximum Gasteiger partial charge on any atom is 0.208 e. The standard InChI is InChI=1S/C35H49N7O4S/c1-22-18-29-27(23(2)20-35(7,8)41(29)16-11-17-46-26-14-12-25(45-9)13-15-26)19-28(22)37-30-31(34(4,5)6)39-42-33(30)38-32(40-42)24(3)21-36-47(10,43)44/h12-15,18-19,23-24,36H,11,16-17,20-21H2,1-10H3/b37-30-. The number of aliphatic imine (C=N–C) groups is 1. The van der Waals surface area contributed by atoms with Crippen LogP contribution in [0.3, 0.4) is 0 Å². The average molecular weight is 664 g/mol. The Morgan fingerprint density at radius 1 is 1.15 bits per heavy atom. The number of rotatable bonds is 11. The molecule has 3 aromatic rings. The quantitative estimate of drug-likeness (QED) is 0.243. The van der Waals surface area contributed by atoms with Crippen LogP contribution in [0.1, 0.15) is 95.9 Å². The van der Waals surface area contributed by atoms with Gasteiger partial charge in [-0.2, -0.15) is 5.10 Å². The van der Waals surface area contributed by atoms with Crippen molar-refractivity contribution in [3.8, 4) is 11.5 Å². The molecule has 0 amide bonds. The summed E-state index contributed by atoms with van der Waals surface area (Å²) in [6, 6.07) is 12.2. The van der Waals surface area contributed by atoms with Gasteiger partial charge in [-0.05, 0) is 87.1 Å². The van der Waals surface area contributed by atoms with Gasteiger partial charge in [0.1, 0.15) is 17.2 Å². The lowest BCUT2D eigenvalue weighted by molar-refractivity contribution is 0.299. The smallest absolute Gasteiger partial charge is 0.208 e. The number of benzene rings is 2. The molecule has 2 aromatic carbocycles. The number of anilines is 1. The minimum Gasteiger partial charge on any atom is -0.497 e. The van der Waals surface area contributed by atoms with E-state index >= 15 is 0 Å². The molecule has 0 spiro atoms. The normalized spacial score (nSPS) is 18.9. The topological polar surface area (TPSA) is 123 Å². The number of hydrogen-bond donors (Lipinski definition) is 1. The summed E-state index contributed by atoms with van der Waals surface area (Å²) in [5, 5.41) is 9.43. The highest BCUT2D eigenvalue weighted by molar-refractivity contribution is 7.88. The Bertz CT molecular complexity index is 1790. The third kappa shape index (κ3) is 7.70. The van der Waals surface area contributed by atoms with Gasteiger partial charge in [-0.1, -0.05) is 34.6 Å². The minimum absolute atomic E-state index is 0.0145. The minimum atomic E-state index is -3.33. The van der Waals surface area contributed by atoms with E-state index in [9.17, 15) is 8.42 Å². The molecule has 11 nitrogen and oxygen atoms in total. The number of ether oxygens (including phenoxy) is 2. The van der Waals surface area contributed by atoms with Crippen LogP contribution in [0.4, 0.5) is 11.4 Å². The van der Waals surface area contributed by atoms with Gasteiger partial charge in [0.2, 0.25) is 15.8 Å². The van der Waals surface area contributed by atoms with Crippen LogP contribution >= 0.6 is 0 Å². The largest absolute Gasteiger partial charge is 0.497 e. The van der Waals surface area contributed by atoms with E-state index in [1.807, 2.05) is 31.2 Å². The number of aryl methyl sites for hydroxylation is 1. The van der Waals surface area contributed by atoms with Crippen molar-refractivity contribution in [1.29, 1.82) is 0 Å². The predicted molar refractivity (Wildman–Crippen MR) is 189 cm³/mol. The summed E-state index contributed by atoms with van der Waals surface area (Å²) in [5.41, 5.74) is 5.67. The van der Waals surface area contributed by atoms with Gasteiger partial charge in [0.25, 0.3) is 0 Å². The Morgan fingerprint density at radius 3 is 2.47 bits per heavy atom. The van der Waals surface area contributed by atoms with Gasteiger partial charge in [-0.15, -0.1) is 9.89 Å². The molecular weight excluding hydrogens is 614 g/mol. The van der Waals surface area contributed by atoms with Crippen molar-refractivity contribution >= 4 is 32.8 Å². The number of hydrogen-bond acceptors (Lipinski definition) is 9. The number of nitrogens with one attached hydrogen (secondary N) is 1. The first-order chi connectivity index (χ1) is 22.0. The molecule has 0 radical (unpaired) electrons. The van der Waals surface area contributed by atoms with Crippen LogP contribution in [0.2, 0.25) is 0 Å². The zero-order chi connectivity index (χ0) is 34.3. The molecule has 0 saturated heterocycles. The van der Waals surface area contributed by atoms with Gasteiger partial charge in [-0.3, -0.25) is 0 Å². The summed E-state index contributed by atoms with van der Waals surface area (Å²) in [6.07, 6.45) is 3.05. The number of aromatic nitrogens is 3. The van der Waals surface area contributed by atoms with E-state index in [0.717, 1.165) is 54.1 Å². The second-order valence-electron chi connectivity index (χ2n) is 14.5. The van der Waals surface area contributed by atoms with E-state index in [-0.39, 0.29) is 23.4 Å². The molecule has 0 bridgehead atoms. The molecule has 0 fully saturated rings. The van der Waals surface area contributed by atoms with E-state index in [4.69, 9.17) is 24.6 Å². The Labute approximate surface area is 279 Å². The summed E-state index contributed by atoms with van der Waals surface area (Å²) < 4.78 is 37.2. The molecule has 2 aliphatic heterocycles. The number of nitrogens with zero attached hydrogens (tertiary/aromatic N) is 6. The number of methoxy groups -OCH3 is 1. The van der Waals surface area contributed by atoms with Gasteiger partial charge < -0.3 is 14.4 Å². The molecule has 5 rings (SSSR count). The molecular formula is C35H49N7O4S. The van der Waals surface area contributed by atoms with Crippen molar-refractivity contribution in [2.75, 3.05) is 38.0 Å². The zero-order valence-electron chi connectivity index (χ0n) is 29.4. The summed E-state index contributed by atoms with van der Waals surface area (Å²) in [5.74, 6) is 2.86. The van der Waals surface area contributed by atoms with E-state index in [1.54, 1.807) is 11.9 Å². The summed E-state index contributed by atoms with van der Waals surface area (Å²) in [4.78, 5) is 14.1. The highest BCUT2D eigenvalue weighted by Crippen LogP contribution is 2.46. The Balaban J connectivity index is 1.42. The number of sulfonamides is 1. The molecule has 0 saturated carbocycles. The number of fused-ring (bicyclic) bond motifs is 2. The van der Waals surface area contributed by atoms with E-state index in [1.165, 1.54) is 11.3 Å². The van der Waals surface area contributed by atoms with Crippen molar-refractivity contribution < 1.29 is 17.9 Å². The second kappa shape index (κ2) is 13.0. The van der Waals surface area contributed by atoms with Crippen LogP contribution in [-0.2, 0) is 10.0 Å². The van der Waals surface area contributed by atoms with Crippen LogP contribution < -0.4 is 19.1 Å². The fourth-order valence-electron chi connectivity index (χ4n) is 6.34. The van der Waals surface area contributed by atoms with E-state index in [0.29, 0.717) is 29.9 Å². The Hall–Kier alpha value is -3.77. The van der Waals surface area contributed by atoms with Gasteiger partial charge in [0.05, 0.1) is 31.4 Å². The van der Waals surface area contributed by atoms with Crippen LogP contribution in [0.15, 0.2) is 46.5 Å². The van der Waals surface area contributed by atoms with Gasteiger partial charge in [0.15, 0.2) is 5.82 Å².